The van der Waals surface area contributed by atoms with Crippen LogP contribution in [0.1, 0.15) is 38.8 Å². The van der Waals surface area contributed by atoms with E-state index >= 15 is 0 Å². The first kappa shape index (κ1) is 13.7. The van der Waals surface area contributed by atoms with Crippen LogP contribution in [0.5, 0.6) is 0 Å². The molecule has 17 heavy (non-hydrogen) atoms. The van der Waals surface area contributed by atoms with E-state index in [4.69, 9.17) is 5.11 Å². The van der Waals surface area contributed by atoms with Crippen LogP contribution >= 0.6 is 0 Å². The Kier molecular flexibility index (Phi) is 5.16. The SMILES string of the molecule is CC(C)C[C@H](N[C@@H](C)c1ccccc1)C(=O)O. The standard InChI is InChI=1S/C14H21NO2/c1-10(2)9-13(14(16)17)15-11(3)12-7-5-4-6-8-12/h4-8,10-11,13,15H,9H2,1-3H3,(H,16,17)/t11-,13-/m0/s1. The third kappa shape index (κ3) is 4.57. The zero-order valence-electron chi connectivity index (χ0n) is 10.7. The Labute approximate surface area is 103 Å². The third-order valence-corrected chi connectivity index (χ3v) is 2.76. The van der Waals surface area contributed by atoms with Crippen LogP contribution in [0.2, 0.25) is 0 Å². The van der Waals surface area contributed by atoms with Crippen molar-refractivity contribution in [2.45, 2.75) is 39.3 Å². The molecule has 1 aromatic rings. The lowest BCUT2D eigenvalue weighted by molar-refractivity contribution is -0.140. The van der Waals surface area contributed by atoms with E-state index in [0.29, 0.717) is 12.3 Å². The van der Waals surface area contributed by atoms with Gasteiger partial charge in [0.1, 0.15) is 6.04 Å². The van der Waals surface area contributed by atoms with Gasteiger partial charge in [-0.05, 0) is 24.8 Å². The molecular weight excluding hydrogens is 214 g/mol. The molecule has 0 radical (unpaired) electrons. The van der Waals surface area contributed by atoms with E-state index in [0.717, 1.165) is 5.56 Å². The summed E-state index contributed by atoms with van der Waals surface area (Å²) in [5.41, 5.74) is 1.11. The van der Waals surface area contributed by atoms with E-state index in [1.54, 1.807) is 0 Å². The molecule has 1 rings (SSSR count). The van der Waals surface area contributed by atoms with Gasteiger partial charge in [0.25, 0.3) is 0 Å². The molecule has 0 amide bonds. The molecule has 94 valence electrons. The van der Waals surface area contributed by atoms with E-state index in [1.807, 2.05) is 51.1 Å². The van der Waals surface area contributed by atoms with Gasteiger partial charge in [0.2, 0.25) is 0 Å². The maximum Gasteiger partial charge on any atom is 0.320 e. The van der Waals surface area contributed by atoms with Gasteiger partial charge in [-0.2, -0.15) is 0 Å². The van der Waals surface area contributed by atoms with Gasteiger partial charge in [-0.25, -0.2) is 0 Å². The average molecular weight is 235 g/mol. The monoisotopic (exact) mass is 235 g/mol. The molecule has 3 nitrogen and oxygen atoms in total. The number of hydrogen-bond donors (Lipinski definition) is 2. The predicted molar refractivity (Wildman–Crippen MR) is 68.9 cm³/mol. The van der Waals surface area contributed by atoms with Crippen molar-refractivity contribution in [3.63, 3.8) is 0 Å². The highest BCUT2D eigenvalue weighted by atomic mass is 16.4. The van der Waals surface area contributed by atoms with E-state index in [-0.39, 0.29) is 6.04 Å². The van der Waals surface area contributed by atoms with Crippen molar-refractivity contribution in [3.05, 3.63) is 35.9 Å². The highest BCUT2D eigenvalue weighted by Gasteiger charge is 2.20. The van der Waals surface area contributed by atoms with Crippen molar-refractivity contribution in [3.8, 4) is 0 Å². The second-order valence-corrected chi connectivity index (χ2v) is 4.82. The number of benzene rings is 1. The van der Waals surface area contributed by atoms with E-state index in [1.165, 1.54) is 0 Å². The van der Waals surface area contributed by atoms with Crippen molar-refractivity contribution in [1.82, 2.24) is 5.32 Å². The maximum absolute atomic E-state index is 11.1. The first-order valence-electron chi connectivity index (χ1n) is 6.04. The zero-order chi connectivity index (χ0) is 12.8. The van der Waals surface area contributed by atoms with Gasteiger partial charge in [0.05, 0.1) is 0 Å². The van der Waals surface area contributed by atoms with E-state index in [9.17, 15) is 4.79 Å². The minimum Gasteiger partial charge on any atom is -0.480 e. The summed E-state index contributed by atoms with van der Waals surface area (Å²) in [6.07, 6.45) is 0.645. The van der Waals surface area contributed by atoms with Crippen molar-refractivity contribution in [1.29, 1.82) is 0 Å². The molecule has 0 spiro atoms. The van der Waals surface area contributed by atoms with E-state index in [2.05, 4.69) is 5.32 Å². The maximum atomic E-state index is 11.1. The number of hydrogen-bond acceptors (Lipinski definition) is 2. The molecule has 3 heteroatoms. The third-order valence-electron chi connectivity index (χ3n) is 2.76. The Balaban J connectivity index is 2.64. The van der Waals surface area contributed by atoms with Crippen LogP contribution in [0.15, 0.2) is 30.3 Å². The summed E-state index contributed by atoms with van der Waals surface area (Å²) < 4.78 is 0. The van der Waals surface area contributed by atoms with Crippen molar-refractivity contribution in [2.24, 2.45) is 5.92 Å². The number of rotatable bonds is 6. The minimum absolute atomic E-state index is 0.0519. The Hall–Kier alpha value is -1.35. The largest absolute Gasteiger partial charge is 0.480 e. The van der Waals surface area contributed by atoms with Crippen LogP contribution in [0, 0.1) is 5.92 Å². The molecule has 0 saturated heterocycles. The first-order chi connectivity index (χ1) is 8.00. The fourth-order valence-corrected chi connectivity index (χ4v) is 1.85. The summed E-state index contributed by atoms with van der Waals surface area (Å²) in [6.45, 7) is 6.06. The van der Waals surface area contributed by atoms with Crippen molar-refractivity contribution in [2.75, 3.05) is 0 Å². The second kappa shape index (κ2) is 6.40. The number of aliphatic carboxylic acids is 1. The molecule has 0 fully saturated rings. The van der Waals surface area contributed by atoms with Crippen molar-refractivity contribution >= 4 is 5.97 Å². The topological polar surface area (TPSA) is 49.3 Å². The van der Waals surface area contributed by atoms with E-state index < -0.39 is 12.0 Å². The molecule has 2 N–H and O–H groups in total. The van der Waals surface area contributed by atoms with Crippen LogP contribution in [-0.4, -0.2) is 17.1 Å². The lowest BCUT2D eigenvalue weighted by Crippen LogP contribution is -2.39. The fourth-order valence-electron chi connectivity index (χ4n) is 1.85. The molecule has 0 aliphatic heterocycles. The normalized spacial score (nSPS) is 14.6. The Morgan fingerprint density at radius 1 is 1.24 bits per heavy atom. The molecule has 0 saturated carbocycles. The average Bonchev–Trinajstić information content (AvgIpc) is 2.28. The Morgan fingerprint density at radius 3 is 2.29 bits per heavy atom. The van der Waals surface area contributed by atoms with Gasteiger partial charge in [-0.1, -0.05) is 44.2 Å². The number of carboxylic acid groups (broad SMARTS) is 1. The quantitative estimate of drug-likeness (QED) is 0.797. The number of nitrogens with one attached hydrogen (secondary N) is 1. The molecule has 0 bridgehead atoms. The van der Waals surface area contributed by atoms with Crippen LogP contribution in [-0.2, 0) is 4.79 Å². The smallest absolute Gasteiger partial charge is 0.320 e. The van der Waals surface area contributed by atoms with Gasteiger partial charge in [0, 0.05) is 6.04 Å². The number of carbonyl (C=O) groups is 1. The molecular formula is C14H21NO2. The van der Waals surface area contributed by atoms with Crippen LogP contribution < -0.4 is 5.32 Å². The molecule has 0 aliphatic rings. The van der Waals surface area contributed by atoms with Crippen LogP contribution in [0.3, 0.4) is 0 Å². The van der Waals surface area contributed by atoms with Crippen molar-refractivity contribution < 1.29 is 9.90 Å². The van der Waals surface area contributed by atoms with Gasteiger partial charge in [-0.15, -0.1) is 0 Å². The highest BCUT2D eigenvalue weighted by Crippen LogP contribution is 2.14. The second-order valence-electron chi connectivity index (χ2n) is 4.82. The van der Waals surface area contributed by atoms with Gasteiger partial charge in [0.15, 0.2) is 0 Å². The molecule has 0 unspecified atom stereocenters. The van der Waals surface area contributed by atoms with Crippen LogP contribution in [0.25, 0.3) is 0 Å². The molecule has 0 heterocycles. The molecule has 2 atom stereocenters. The Bertz CT molecular complexity index is 348. The predicted octanol–water partition coefficient (Wildman–Crippen LogP) is 2.84. The van der Waals surface area contributed by atoms with Gasteiger partial charge >= 0.3 is 5.97 Å². The van der Waals surface area contributed by atoms with Gasteiger partial charge in [-0.3, -0.25) is 10.1 Å². The first-order valence-corrected chi connectivity index (χ1v) is 6.04. The summed E-state index contributed by atoms with van der Waals surface area (Å²) in [6, 6.07) is 9.47. The Morgan fingerprint density at radius 2 is 1.82 bits per heavy atom. The summed E-state index contributed by atoms with van der Waals surface area (Å²) in [5.74, 6) is -0.409. The summed E-state index contributed by atoms with van der Waals surface area (Å²) in [7, 11) is 0. The number of carboxylic acids is 1. The summed E-state index contributed by atoms with van der Waals surface area (Å²) in [4.78, 5) is 11.1. The zero-order valence-corrected chi connectivity index (χ0v) is 10.7. The van der Waals surface area contributed by atoms with Gasteiger partial charge < -0.3 is 5.11 Å². The minimum atomic E-state index is -0.776. The lowest BCUT2D eigenvalue weighted by atomic mass is 10.0. The molecule has 1 aromatic carbocycles. The lowest BCUT2D eigenvalue weighted by Gasteiger charge is -2.21. The molecule has 0 aromatic heterocycles. The highest BCUT2D eigenvalue weighted by molar-refractivity contribution is 5.73. The fraction of sp³-hybridized carbons (Fsp3) is 0.500. The summed E-state index contributed by atoms with van der Waals surface area (Å²) >= 11 is 0. The van der Waals surface area contributed by atoms with Crippen LogP contribution in [0.4, 0.5) is 0 Å². The molecule has 0 aliphatic carbocycles. The summed E-state index contributed by atoms with van der Waals surface area (Å²) in [5, 5.41) is 12.3.